The molecule has 1 aliphatic heterocycles. The first-order valence-electron chi connectivity index (χ1n) is 8.85. The monoisotopic (exact) mass is 317 g/mol. The van der Waals surface area contributed by atoms with E-state index in [1.165, 1.54) is 6.42 Å². The minimum Gasteiger partial charge on any atom is -0.356 e. The minimum atomic E-state index is 0.301. The Morgan fingerprint density at radius 2 is 1.83 bits per heavy atom. The van der Waals surface area contributed by atoms with Crippen molar-refractivity contribution < 1.29 is 4.79 Å². The van der Waals surface area contributed by atoms with Gasteiger partial charge in [-0.25, -0.2) is 0 Å². The third kappa shape index (κ3) is 3.41. The number of aromatic nitrogens is 2. The van der Waals surface area contributed by atoms with Crippen LogP contribution >= 0.6 is 0 Å². The van der Waals surface area contributed by atoms with Crippen LogP contribution in [0, 0.1) is 5.92 Å². The van der Waals surface area contributed by atoms with Gasteiger partial charge < -0.3 is 14.7 Å². The van der Waals surface area contributed by atoms with E-state index in [2.05, 4.69) is 33.8 Å². The number of nitrogens with zero attached hydrogens (tertiary/aromatic N) is 5. The molecule has 0 radical (unpaired) electrons. The van der Waals surface area contributed by atoms with Gasteiger partial charge in [0.05, 0.1) is 0 Å². The maximum atomic E-state index is 12.3. The number of piperazine rings is 1. The van der Waals surface area contributed by atoms with E-state index in [9.17, 15) is 4.79 Å². The summed E-state index contributed by atoms with van der Waals surface area (Å²) in [5.41, 5.74) is 0. The predicted molar refractivity (Wildman–Crippen MR) is 91.7 cm³/mol. The molecule has 1 aromatic rings. The van der Waals surface area contributed by atoms with Crippen LogP contribution in [0.4, 0.5) is 11.6 Å². The molecule has 1 saturated heterocycles. The van der Waals surface area contributed by atoms with Gasteiger partial charge in [0.15, 0.2) is 11.6 Å². The summed E-state index contributed by atoms with van der Waals surface area (Å²) in [5.74, 6) is 2.50. The summed E-state index contributed by atoms with van der Waals surface area (Å²) in [6.07, 6.45) is 3.37. The summed E-state index contributed by atoms with van der Waals surface area (Å²) in [5, 5.41) is 8.74. The number of anilines is 2. The number of hydrogen-bond acceptors (Lipinski definition) is 5. The molecule has 0 spiro atoms. The van der Waals surface area contributed by atoms with Crippen LogP contribution in [0.25, 0.3) is 0 Å². The van der Waals surface area contributed by atoms with Crippen LogP contribution in [0.3, 0.4) is 0 Å². The Balaban J connectivity index is 1.56. The second-order valence-corrected chi connectivity index (χ2v) is 6.36. The van der Waals surface area contributed by atoms with Crippen molar-refractivity contribution in [3.05, 3.63) is 12.1 Å². The lowest BCUT2D eigenvalue weighted by Gasteiger charge is -2.38. The molecule has 0 atom stereocenters. The molecule has 1 aliphatic carbocycles. The van der Waals surface area contributed by atoms with Gasteiger partial charge in [0.2, 0.25) is 5.91 Å². The lowest BCUT2D eigenvalue weighted by Crippen LogP contribution is -2.51. The van der Waals surface area contributed by atoms with Crippen molar-refractivity contribution in [2.24, 2.45) is 5.92 Å². The van der Waals surface area contributed by atoms with Crippen LogP contribution in [0.5, 0.6) is 0 Å². The Bertz CT molecular complexity index is 516. The zero-order chi connectivity index (χ0) is 16.2. The Morgan fingerprint density at radius 3 is 2.30 bits per heavy atom. The molecule has 6 heteroatoms. The molecule has 0 N–H and O–H groups in total. The molecule has 2 aliphatic rings. The fraction of sp³-hybridized carbons (Fsp3) is 0.706. The minimum absolute atomic E-state index is 0.301. The second kappa shape index (κ2) is 7.15. The highest BCUT2D eigenvalue weighted by atomic mass is 16.2. The standard InChI is InChI=1S/C17H27N5O/c1-3-20(4-2)15-8-9-16(19-18-15)21-10-12-22(13-11-21)17(23)14-6-5-7-14/h8-9,14H,3-7,10-13H2,1-2H3. The highest BCUT2D eigenvalue weighted by molar-refractivity contribution is 5.79. The van der Waals surface area contributed by atoms with Crippen molar-refractivity contribution >= 4 is 17.5 Å². The first-order valence-corrected chi connectivity index (χ1v) is 8.85. The van der Waals surface area contributed by atoms with E-state index in [-0.39, 0.29) is 0 Å². The van der Waals surface area contributed by atoms with Crippen LogP contribution in [0.2, 0.25) is 0 Å². The smallest absolute Gasteiger partial charge is 0.225 e. The van der Waals surface area contributed by atoms with Crippen molar-refractivity contribution in [3.8, 4) is 0 Å². The quantitative estimate of drug-likeness (QED) is 0.828. The molecule has 0 aromatic carbocycles. The topological polar surface area (TPSA) is 52.6 Å². The fourth-order valence-electron chi connectivity index (χ4n) is 3.27. The zero-order valence-corrected chi connectivity index (χ0v) is 14.2. The second-order valence-electron chi connectivity index (χ2n) is 6.36. The maximum Gasteiger partial charge on any atom is 0.225 e. The third-order valence-electron chi connectivity index (χ3n) is 5.09. The summed E-state index contributed by atoms with van der Waals surface area (Å²) in [6.45, 7) is 9.41. The van der Waals surface area contributed by atoms with Crippen LogP contribution in [-0.4, -0.2) is 60.3 Å². The first-order chi connectivity index (χ1) is 11.2. The zero-order valence-electron chi connectivity index (χ0n) is 14.2. The number of carbonyl (C=O) groups is 1. The van der Waals surface area contributed by atoms with E-state index in [0.717, 1.165) is 63.7 Å². The molecule has 6 nitrogen and oxygen atoms in total. The van der Waals surface area contributed by atoms with Gasteiger partial charge in [-0.3, -0.25) is 4.79 Å². The van der Waals surface area contributed by atoms with E-state index in [0.29, 0.717) is 11.8 Å². The molecule has 126 valence electrons. The van der Waals surface area contributed by atoms with Crippen molar-refractivity contribution in [2.45, 2.75) is 33.1 Å². The molecule has 1 amide bonds. The molecular weight excluding hydrogens is 290 g/mol. The molecule has 0 unspecified atom stereocenters. The van der Waals surface area contributed by atoms with Gasteiger partial charge >= 0.3 is 0 Å². The summed E-state index contributed by atoms with van der Waals surface area (Å²) < 4.78 is 0. The van der Waals surface area contributed by atoms with Crippen molar-refractivity contribution in [2.75, 3.05) is 49.1 Å². The highest BCUT2D eigenvalue weighted by Crippen LogP contribution is 2.28. The Hall–Kier alpha value is -1.85. The lowest BCUT2D eigenvalue weighted by molar-refractivity contribution is -0.138. The largest absolute Gasteiger partial charge is 0.356 e. The van der Waals surface area contributed by atoms with Gasteiger partial charge in [0, 0.05) is 45.2 Å². The van der Waals surface area contributed by atoms with Gasteiger partial charge in [-0.1, -0.05) is 6.42 Å². The van der Waals surface area contributed by atoms with E-state index < -0.39 is 0 Å². The van der Waals surface area contributed by atoms with Gasteiger partial charge in [0.25, 0.3) is 0 Å². The van der Waals surface area contributed by atoms with Crippen molar-refractivity contribution in [3.63, 3.8) is 0 Å². The Labute approximate surface area is 138 Å². The normalized spacial score (nSPS) is 18.7. The predicted octanol–water partition coefficient (Wildman–Crippen LogP) is 1.77. The molecular formula is C17H27N5O. The molecule has 1 saturated carbocycles. The molecule has 3 rings (SSSR count). The first kappa shape index (κ1) is 16.0. The Kier molecular flexibility index (Phi) is 4.98. The van der Waals surface area contributed by atoms with Crippen LogP contribution in [-0.2, 0) is 4.79 Å². The number of hydrogen-bond donors (Lipinski definition) is 0. The number of carbonyl (C=O) groups excluding carboxylic acids is 1. The maximum absolute atomic E-state index is 12.3. The van der Waals surface area contributed by atoms with Gasteiger partial charge in [0.1, 0.15) is 0 Å². The van der Waals surface area contributed by atoms with E-state index >= 15 is 0 Å². The average molecular weight is 317 g/mol. The summed E-state index contributed by atoms with van der Waals surface area (Å²) in [6, 6.07) is 4.09. The van der Waals surface area contributed by atoms with Gasteiger partial charge in [-0.05, 0) is 38.8 Å². The molecule has 2 heterocycles. The van der Waals surface area contributed by atoms with Crippen LogP contribution in [0.15, 0.2) is 12.1 Å². The molecule has 23 heavy (non-hydrogen) atoms. The average Bonchev–Trinajstić information content (AvgIpc) is 2.55. The molecule has 1 aromatic heterocycles. The fourth-order valence-corrected chi connectivity index (χ4v) is 3.27. The van der Waals surface area contributed by atoms with Crippen molar-refractivity contribution in [1.29, 1.82) is 0 Å². The van der Waals surface area contributed by atoms with Crippen molar-refractivity contribution in [1.82, 2.24) is 15.1 Å². The summed E-state index contributed by atoms with van der Waals surface area (Å²) >= 11 is 0. The Morgan fingerprint density at radius 1 is 1.13 bits per heavy atom. The number of amides is 1. The van der Waals surface area contributed by atoms with Crippen LogP contribution in [0.1, 0.15) is 33.1 Å². The lowest BCUT2D eigenvalue weighted by atomic mass is 9.84. The van der Waals surface area contributed by atoms with Crippen LogP contribution < -0.4 is 9.80 Å². The van der Waals surface area contributed by atoms with Gasteiger partial charge in [-0.2, -0.15) is 0 Å². The van der Waals surface area contributed by atoms with E-state index in [1.54, 1.807) is 0 Å². The third-order valence-corrected chi connectivity index (χ3v) is 5.09. The molecule has 2 fully saturated rings. The van der Waals surface area contributed by atoms with E-state index in [4.69, 9.17) is 0 Å². The summed E-state index contributed by atoms with van der Waals surface area (Å²) in [4.78, 5) is 18.7. The SMILES string of the molecule is CCN(CC)c1ccc(N2CCN(C(=O)C3CCC3)CC2)nn1. The highest BCUT2D eigenvalue weighted by Gasteiger charge is 2.31. The van der Waals surface area contributed by atoms with E-state index in [1.807, 2.05) is 17.0 Å². The molecule has 0 bridgehead atoms. The number of rotatable bonds is 5. The summed E-state index contributed by atoms with van der Waals surface area (Å²) in [7, 11) is 0. The van der Waals surface area contributed by atoms with Gasteiger partial charge in [-0.15, -0.1) is 10.2 Å².